The normalized spacial score (nSPS) is 10.8. The second kappa shape index (κ2) is 8.35. The molecule has 0 saturated heterocycles. The Morgan fingerprint density at radius 3 is 2.26 bits per heavy atom. The van der Waals surface area contributed by atoms with Crippen molar-refractivity contribution >= 4 is 11.0 Å². The van der Waals surface area contributed by atoms with Crippen molar-refractivity contribution in [3.05, 3.63) is 88.1 Å². The van der Waals surface area contributed by atoms with Crippen LogP contribution >= 0.6 is 0 Å². The Morgan fingerprint density at radius 1 is 0.968 bits per heavy atom. The number of rotatable bonds is 6. The Morgan fingerprint density at radius 2 is 1.61 bits per heavy atom. The van der Waals surface area contributed by atoms with E-state index in [0.717, 1.165) is 6.07 Å². The molecule has 0 bridgehead atoms. The van der Waals surface area contributed by atoms with Crippen LogP contribution in [0.2, 0.25) is 0 Å². The number of benzene rings is 3. The van der Waals surface area contributed by atoms with Crippen LogP contribution in [0.25, 0.3) is 11.0 Å². The van der Waals surface area contributed by atoms with Crippen molar-refractivity contribution in [2.75, 3.05) is 7.11 Å². The molecule has 0 saturated carbocycles. The van der Waals surface area contributed by atoms with E-state index in [1.165, 1.54) is 49.6 Å². The van der Waals surface area contributed by atoms with Gasteiger partial charge < -0.3 is 23.7 Å². The van der Waals surface area contributed by atoms with Crippen molar-refractivity contribution < 1.29 is 32.5 Å². The van der Waals surface area contributed by atoms with E-state index in [2.05, 4.69) is 0 Å². The molecule has 1 N–H and O–H groups in total. The third-order valence-corrected chi connectivity index (χ3v) is 4.43. The van der Waals surface area contributed by atoms with Crippen molar-refractivity contribution in [2.45, 2.75) is 6.61 Å². The molecule has 0 fully saturated rings. The van der Waals surface area contributed by atoms with Gasteiger partial charge in [0, 0.05) is 6.07 Å². The van der Waals surface area contributed by atoms with Gasteiger partial charge in [-0.05, 0) is 42.0 Å². The number of ether oxygens (including phenoxy) is 3. The molecule has 31 heavy (non-hydrogen) atoms. The van der Waals surface area contributed by atoms with Crippen molar-refractivity contribution in [1.82, 2.24) is 0 Å². The van der Waals surface area contributed by atoms with Gasteiger partial charge in [-0.15, -0.1) is 0 Å². The van der Waals surface area contributed by atoms with Crippen molar-refractivity contribution in [3.63, 3.8) is 0 Å². The molecule has 1 aromatic heterocycles. The average molecular weight is 426 g/mol. The summed E-state index contributed by atoms with van der Waals surface area (Å²) in [4.78, 5) is 12.6. The summed E-state index contributed by atoms with van der Waals surface area (Å²) >= 11 is 0. The quantitative estimate of drug-likeness (QED) is 0.459. The molecule has 0 amide bonds. The number of halogens is 2. The van der Waals surface area contributed by atoms with Gasteiger partial charge in [-0.3, -0.25) is 4.79 Å². The van der Waals surface area contributed by atoms with Crippen LogP contribution in [0.5, 0.6) is 28.9 Å². The Balaban J connectivity index is 1.71. The van der Waals surface area contributed by atoms with Crippen LogP contribution in [0.3, 0.4) is 0 Å². The highest BCUT2D eigenvalue weighted by Gasteiger charge is 2.20. The summed E-state index contributed by atoms with van der Waals surface area (Å²) in [5, 5.41) is 10.4. The highest BCUT2D eigenvalue weighted by atomic mass is 19.1. The molecule has 3 aromatic carbocycles. The Hall–Kier alpha value is -4.07. The molecule has 6 nitrogen and oxygen atoms in total. The summed E-state index contributed by atoms with van der Waals surface area (Å²) in [5.74, 6) is -1.09. The molecule has 0 radical (unpaired) electrons. The zero-order chi connectivity index (χ0) is 22.0. The molecule has 4 rings (SSSR count). The van der Waals surface area contributed by atoms with Crippen LogP contribution < -0.4 is 19.6 Å². The average Bonchev–Trinajstić information content (AvgIpc) is 2.74. The second-order valence-corrected chi connectivity index (χ2v) is 6.53. The minimum atomic E-state index is -0.570. The lowest BCUT2D eigenvalue weighted by atomic mass is 10.1. The van der Waals surface area contributed by atoms with Crippen molar-refractivity contribution in [3.8, 4) is 28.9 Å². The number of methoxy groups -OCH3 is 1. The Labute approximate surface area is 174 Å². The van der Waals surface area contributed by atoms with E-state index in [1.54, 1.807) is 12.1 Å². The lowest BCUT2D eigenvalue weighted by Gasteiger charge is -2.14. The molecule has 0 spiro atoms. The van der Waals surface area contributed by atoms with Crippen molar-refractivity contribution in [1.29, 1.82) is 0 Å². The van der Waals surface area contributed by atoms with Crippen LogP contribution in [-0.2, 0) is 6.61 Å². The van der Waals surface area contributed by atoms with Crippen LogP contribution in [0, 0.1) is 11.6 Å². The Bertz CT molecular complexity index is 1280. The van der Waals surface area contributed by atoms with Crippen LogP contribution in [0.15, 0.2) is 69.9 Å². The first-order valence-electron chi connectivity index (χ1n) is 9.13. The lowest BCUT2D eigenvalue weighted by molar-refractivity contribution is 0.277. The van der Waals surface area contributed by atoms with E-state index in [9.17, 15) is 18.7 Å². The number of phenols is 1. The fraction of sp³-hybridized carbons (Fsp3) is 0.0870. The number of phenolic OH excluding ortho intramolecular Hbond substituents is 1. The molecular weight excluding hydrogens is 410 g/mol. The fourth-order valence-corrected chi connectivity index (χ4v) is 2.95. The van der Waals surface area contributed by atoms with E-state index < -0.39 is 17.0 Å². The minimum absolute atomic E-state index is 0.00276. The zero-order valence-corrected chi connectivity index (χ0v) is 16.2. The first-order valence-corrected chi connectivity index (χ1v) is 9.13. The van der Waals surface area contributed by atoms with Gasteiger partial charge in [-0.25, -0.2) is 8.78 Å². The highest BCUT2D eigenvalue weighted by molar-refractivity contribution is 5.88. The minimum Gasteiger partial charge on any atom is -0.504 e. The van der Waals surface area contributed by atoms with Gasteiger partial charge in [0.15, 0.2) is 11.5 Å². The molecule has 0 aliphatic heterocycles. The van der Waals surface area contributed by atoms with Crippen LogP contribution in [0.4, 0.5) is 8.78 Å². The maximum atomic E-state index is 13.1. The predicted octanol–water partition coefficient (Wildman–Crippen LogP) is 5.16. The molecule has 4 aromatic rings. The summed E-state index contributed by atoms with van der Waals surface area (Å²) in [7, 11) is 1.32. The van der Waals surface area contributed by atoms with Gasteiger partial charge in [-0.2, -0.15) is 0 Å². The summed E-state index contributed by atoms with van der Waals surface area (Å²) in [6.07, 6.45) is 0. The predicted molar refractivity (Wildman–Crippen MR) is 108 cm³/mol. The number of aromatic hydroxyl groups is 1. The maximum Gasteiger partial charge on any atom is 0.294 e. The number of fused-ring (bicyclic) bond motifs is 1. The van der Waals surface area contributed by atoms with E-state index >= 15 is 0 Å². The Kier molecular flexibility index (Phi) is 5.44. The fourth-order valence-electron chi connectivity index (χ4n) is 2.95. The molecule has 0 aliphatic carbocycles. The van der Waals surface area contributed by atoms with Gasteiger partial charge in [0.25, 0.3) is 5.95 Å². The molecule has 158 valence electrons. The van der Waals surface area contributed by atoms with Gasteiger partial charge in [-0.1, -0.05) is 12.1 Å². The summed E-state index contributed by atoms with van der Waals surface area (Å²) in [6.45, 7) is 0.0532. The molecule has 1 heterocycles. The monoisotopic (exact) mass is 426 g/mol. The second-order valence-electron chi connectivity index (χ2n) is 6.53. The topological polar surface area (TPSA) is 78.1 Å². The van der Waals surface area contributed by atoms with Gasteiger partial charge >= 0.3 is 0 Å². The standard InChI is InChI=1S/C23H16F2O6/c1-28-23-19(29-12-13-2-4-14(24)5-3-13)11-18-21(22(23)27)17(26)10-20(31-18)30-16-8-6-15(25)7-9-16/h2-11,27H,12H2,1H3. The first-order chi connectivity index (χ1) is 14.9. The van der Waals surface area contributed by atoms with Gasteiger partial charge in [0.1, 0.15) is 35.0 Å². The van der Waals surface area contributed by atoms with E-state index in [0.29, 0.717) is 5.56 Å². The van der Waals surface area contributed by atoms with Crippen LogP contribution in [0.1, 0.15) is 5.56 Å². The molecule has 0 unspecified atom stereocenters. The summed E-state index contributed by atoms with van der Waals surface area (Å²) in [6, 6.07) is 13.3. The zero-order valence-electron chi connectivity index (χ0n) is 16.2. The van der Waals surface area contributed by atoms with E-state index in [1.807, 2.05) is 0 Å². The third-order valence-electron chi connectivity index (χ3n) is 4.43. The highest BCUT2D eigenvalue weighted by Crippen LogP contribution is 2.42. The lowest BCUT2D eigenvalue weighted by Crippen LogP contribution is -2.04. The largest absolute Gasteiger partial charge is 0.504 e. The third kappa shape index (κ3) is 4.28. The summed E-state index contributed by atoms with van der Waals surface area (Å²) < 4.78 is 48.1. The molecular formula is C23H16F2O6. The van der Waals surface area contributed by atoms with Gasteiger partial charge in [0.2, 0.25) is 11.2 Å². The van der Waals surface area contributed by atoms with E-state index in [4.69, 9.17) is 18.6 Å². The SMILES string of the molecule is COc1c(OCc2ccc(F)cc2)cc2oc(Oc3ccc(F)cc3)cc(=O)c2c1O. The first kappa shape index (κ1) is 20.2. The maximum absolute atomic E-state index is 13.1. The molecule has 0 atom stereocenters. The molecule has 0 aliphatic rings. The van der Waals surface area contributed by atoms with Crippen LogP contribution in [-0.4, -0.2) is 12.2 Å². The number of hydrogen-bond donors (Lipinski definition) is 1. The summed E-state index contributed by atoms with van der Waals surface area (Å²) in [5.41, 5.74) is 0.106. The smallest absolute Gasteiger partial charge is 0.294 e. The van der Waals surface area contributed by atoms with Gasteiger partial charge in [0.05, 0.1) is 13.2 Å². The molecule has 8 heteroatoms. The number of hydrogen-bond acceptors (Lipinski definition) is 6. The van der Waals surface area contributed by atoms with E-state index in [-0.39, 0.29) is 46.6 Å². The van der Waals surface area contributed by atoms with Crippen molar-refractivity contribution in [2.24, 2.45) is 0 Å².